The van der Waals surface area contributed by atoms with Gasteiger partial charge in [-0.1, -0.05) is 19.8 Å². The Labute approximate surface area is 143 Å². The number of nitrogens with zero attached hydrogens (tertiary/aromatic N) is 4. The number of aromatic nitrogens is 2. The standard InChI is InChI=1S/C17H26N4O3/c1-2-3-4-8-21(17(23)15-14-18-6-7-19-15)9-5-16(22)20-10-12-24-13-11-20/h6-7,14H,2-5,8-13H2,1H3. The van der Waals surface area contributed by atoms with E-state index >= 15 is 0 Å². The van der Waals surface area contributed by atoms with Crippen LogP contribution in [0.2, 0.25) is 0 Å². The SMILES string of the molecule is CCCCCN(CCC(=O)N1CCOCC1)C(=O)c1cnccn1. The van der Waals surface area contributed by atoms with E-state index in [4.69, 9.17) is 4.74 Å². The molecule has 0 saturated carbocycles. The van der Waals surface area contributed by atoms with Crippen LogP contribution in [0, 0.1) is 0 Å². The highest BCUT2D eigenvalue weighted by Crippen LogP contribution is 2.07. The topological polar surface area (TPSA) is 75.6 Å². The van der Waals surface area contributed by atoms with Crippen molar-refractivity contribution in [3.8, 4) is 0 Å². The number of morpholine rings is 1. The van der Waals surface area contributed by atoms with Crippen molar-refractivity contribution in [2.24, 2.45) is 0 Å². The van der Waals surface area contributed by atoms with Gasteiger partial charge in [0, 0.05) is 45.0 Å². The van der Waals surface area contributed by atoms with E-state index in [1.54, 1.807) is 16.0 Å². The molecule has 1 saturated heterocycles. The Morgan fingerprint density at radius 1 is 1.21 bits per heavy atom. The fraction of sp³-hybridized carbons (Fsp3) is 0.647. The fourth-order valence-corrected chi connectivity index (χ4v) is 2.64. The van der Waals surface area contributed by atoms with Crippen LogP contribution in [-0.4, -0.2) is 71.0 Å². The van der Waals surface area contributed by atoms with Crippen molar-refractivity contribution >= 4 is 11.8 Å². The molecule has 0 unspecified atom stereocenters. The second kappa shape index (κ2) is 9.97. The monoisotopic (exact) mass is 334 g/mol. The molecule has 0 bridgehead atoms. The number of carbonyl (C=O) groups excluding carboxylic acids is 2. The lowest BCUT2D eigenvalue weighted by molar-refractivity contribution is -0.135. The predicted molar refractivity (Wildman–Crippen MR) is 89.5 cm³/mol. The molecule has 0 aromatic carbocycles. The molecule has 1 aliphatic rings. The molecule has 1 fully saturated rings. The molecule has 0 radical (unpaired) electrons. The number of unbranched alkanes of at least 4 members (excludes halogenated alkanes) is 2. The van der Waals surface area contributed by atoms with Crippen LogP contribution in [0.3, 0.4) is 0 Å². The molecular weight excluding hydrogens is 308 g/mol. The minimum Gasteiger partial charge on any atom is -0.378 e. The summed E-state index contributed by atoms with van der Waals surface area (Å²) in [6, 6.07) is 0. The van der Waals surface area contributed by atoms with Crippen molar-refractivity contribution < 1.29 is 14.3 Å². The third kappa shape index (κ3) is 5.56. The van der Waals surface area contributed by atoms with Crippen LogP contribution in [0.25, 0.3) is 0 Å². The Morgan fingerprint density at radius 3 is 2.67 bits per heavy atom. The zero-order valence-corrected chi connectivity index (χ0v) is 14.3. The summed E-state index contributed by atoms with van der Waals surface area (Å²) in [5, 5.41) is 0. The maximum atomic E-state index is 12.6. The zero-order valence-electron chi connectivity index (χ0n) is 14.3. The van der Waals surface area contributed by atoms with Crippen LogP contribution in [0.4, 0.5) is 0 Å². The number of hydrogen-bond acceptors (Lipinski definition) is 5. The van der Waals surface area contributed by atoms with Gasteiger partial charge in [-0.15, -0.1) is 0 Å². The quantitative estimate of drug-likeness (QED) is 0.671. The second-order valence-electron chi connectivity index (χ2n) is 5.83. The van der Waals surface area contributed by atoms with E-state index in [9.17, 15) is 9.59 Å². The van der Waals surface area contributed by atoms with Gasteiger partial charge in [0.05, 0.1) is 19.4 Å². The van der Waals surface area contributed by atoms with Gasteiger partial charge in [0.25, 0.3) is 5.91 Å². The summed E-state index contributed by atoms with van der Waals surface area (Å²) in [6.07, 6.45) is 7.92. The molecule has 132 valence electrons. The maximum absolute atomic E-state index is 12.6. The van der Waals surface area contributed by atoms with Crippen LogP contribution in [0.15, 0.2) is 18.6 Å². The van der Waals surface area contributed by atoms with E-state index < -0.39 is 0 Å². The first-order valence-corrected chi connectivity index (χ1v) is 8.63. The minimum atomic E-state index is -0.158. The number of rotatable bonds is 8. The predicted octanol–water partition coefficient (Wildman–Crippen LogP) is 1.36. The largest absolute Gasteiger partial charge is 0.378 e. The Kier molecular flexibility index (Phi) is 7.61. The molecule has 1 aromatic rings. The molecule has 2 amide bonds. The lowest BCUT2D eigenvalue weighted by atomic mass is 10.2. The summed E-state index contributed by atoms with van der Waals surface area (Å²) >= 11 is 0. The van der Waals surface area contributed by atoms with Crippen molar-refractivity contribution in [3.05, 3.63) is 24.3 Å². The molecule has 1 aromatic heterocycles. The molecule has 7 heteroatoms. The summed E-state index contributed by atoms with van der Waals surface area (Å²) < 4.78 is 5.26. The normalized spacial score (nSPS) is 14.5. The van der Waals surface area contributed by atoms with Crippen LogP contribution in [0.5, 0.6) is 0 Å². The Hall–Kier alpha value is -2.02. The van der Waals surface area contributed by atoms with Gasteiger partial charge in [-0.05, 0) is 6.42 Å². The third-order valence-electron chi connectivity index (χ3n) is 4.06. The summed E-state index contributed by atoms with van der Waals surface area (Å²) in [5.74, 6) is -0.0836. The number of ether oxygens (including phenoxy) is 1. The number of hydrogen-bond donors (Lipinski definition) is 0. The van der Waals surface area contributed by atoms with E-state index in [-0.39, 0.29) is 11.8 Å². The van der Waals surface area contributed by atoms with Gasteiger partial charge in [0.15, 0.2) is 0 Å². The van der Waals surface area contributed by atoms with Crippen LogP contribution < -0.4 is 0 Å². The number of amides is 2. The van der Waals surface area contributed by atoms with E-state index in [1.165, 1.54) is 12.4 Å². The highest BCUT2D eigenvalue weighted by Gasteiger charge is 2.21. The van der Waals surface area contributed by atoms with Crippen molar-refractivity contribution in [1.29, 1.82) is 0 Å². The van der Waals surface area contributed by atoms with Gasteiger partial charge in [0.1, 0.15) is 5.69 Å². The Bertz CT molecular complexity index is 518. The first-order valence-electron chi connectivity index (χ1n) is 8.63. The molecule has 0 N–H and O–H groups in total. The molecule has 24 heavy (non-hydrogen) atoms. The van der Waals surface area contributed by atoms with Gasteiger partial charge in [0.2, 0.25) is 5.91 Å². The van der Waals surface area contributed by atoms with E-state index in [1.807, 2.05) is 0 Å². The summed E-state index contributed by atoms with van der Waals surface area (Å²) in [4.78, 5) is 36.5. The minimum absolute atomic E-state index is 0.0748. The number of carbonyl (C=O) groups is 2. The molecule has 7 nitrogen and oxygen atoms in total. The van der Waals surface area contributed by atoms with Crippen LogP contribution in [0.1, 0.15) is 43.1 Å². The highest BCUT2D eigenvalue weighted by atomic mass is 16.5. The molecule has 0 atom stereocenters. The maximum Gasteiger partial charge on any atom is 0.274 e. The van der Waals surface area contributed by atoms with E-state index in [0.29, 0.717) is 51.5 Å². The highest BCUT2D eigenvalue weighted by molar-refractivity contribution is 5.92. The summed E-state index contributed by atoms with van der Waals surface area (Å²) in [5.41, 5.74) is 0.327. The van der Waals surface area contributed by atoms with Gasteiger partial charge in [-0.2, -0.15) is 0 Å². The van der Waals surface area contributed by atoms with Gasteiger partial charge < -0.3 is 14.5 Å². The van der Waals surface area contributed by atoms with Crippen molar-refractivity contribution in [1.82, 2.24) is 19.8 Å². The summed E-state index contributed by atoms with van der Waals surface area (Å²) in [6.45, 7) is 5.61. The Morgan fingerprint density at radius 2 is 2.00 bits per heavy atom. The van der Waals surface area contributed by atoms with Gasteiger partial charge in [-0.25, -0.2) is 4.98 Å². The van der Waals surface area contributed by atoms with Crippen LogP contribution in [-0.2, 0) is 9.53 Å². The summed E-state index contributed by atoms with van der Waals surface area (Å²) in [7, 11) is 0. The van der Waals surface area contributed by atoms with Crippen molar-refractivity contribution in [2.75, 3.05) is 39.4 Å². The average Bonchev–Trinajstić information content (AvgIpc) is 2.65. The van der Waals surface area contributed by atoms with Crippen molar-refractivity contribution in [3.63, 3.8) is 0 Å². The molecule has 1 aliphatic heterocycles. The average molecular weight is 334 g/mol. The Balaban J connectivity index is 1.92. The van der Waals surface area contributed by atoms with Crippen LogP contribution >= 0.6 is 0 Å². The molecule has 2 rings (SSSR count). The smallest absolute Gasteiger partial charge is 0.274 e. The van der Waals surface area contributed by atoms with Gasteiger partial charge in [-0.3, -0.25) is 14.6 Å². The first kappa shape index (κ1) is 18.3. The second-order valence-corrected chi connectivity index (χ2v) is 5.83. The molecule has 0 aliphatic carbocycles. The molecular formula is C17H26N4O3. The van der Waals surface area contributed by atoms with Gasteiger partial charge >= 0.3 is 0 Å². The first-order chi connectivity index (χ1) is 11.7. The lowest BCUT2D eigenvalue weighted by Crippen LogP contribution is -2.43. The zero-order chi connectivity index (χ0) is 17.2. The lowest BCUT2D eigenvalue weighted by Gasteiger charge is -2.28. The fourth-order valence-electron chi connectivity index (χ4n) is 2.64. The van der Waals surface area contributed by atoms with E-state index in [0.717, 1.165) is 19.3 Å². The molecule has 0 spiro atoms. The third-order valence-corrected chi connectivity index (χ3v) is 4.06. The molecule has 2 heterocycles. The van der Waals surface area contributed by atoms with Crippen molar-refractivity contribution in [2.45, 2.75) is 32.6 Å². The van der Waals surface area contributed by atoms with E-state index in [2.05, 4.69) is 16.9 Å².